The summed E-state index contributed by atoms with van der Waals surface area (Å²) in [6.45, 7) is 2.30. The fraction of sp³-hybridized carbons (Fsp3) is 0.182. The molecule has 0 saturated heterocycles. The van der Waals surface area contributed by atoms with Gasteiger partial charge in [0.05, 0.1) is 16.9 Å². The van der Waals surface area contributed by atoms with Crippen molar-refractivity contribution < 1.29 is 9.31 Å². The quantitative estimate of drug-likeness (QED) is 0.342. The molecule has 9 heteroatoms. The number of H-pyrrole nitrogens is 1. The topological polar surface area (TPSA) is 92.1 Å². The Labute approximate surface area is 181 Å². The third kappa shape index (κ3) is 4.23. The molecule has 2 heterocycles. The van der Waals surface area contributed by atoms with Gasteiger partial charge in [0.25, 0.3) is 11.2 Å². The first kappa shape index (κ1) is 20.8. The van der Waals surface area contributed by atoms with Crippen LogP contribution in [0.1, 0.15) is 24.4 Å². The van der Waals surface area contributed by atoms with Crippen molar-refractivity contribution in [3.63, 3.8) is 0 Å². The standard InChI is InChI=1S/C22H19FN4O3S/c1-13(15-4-3-5-17(10-15)27(29)30)26(2)11-19-24-21(28)20-18(12-31-22(20)25-19)14-6-8-16(23)9-7-14/h3-10,12-13H,11H2,1-2H3,(H,24,25,28)/t13-/m1/s1. The number of halogens is 1. The van der Waals surface area contributed by atoms with Crippen molar-refractivity contribution in [2.75, 3.05) is 7.05 Å². The lowest BCUT2D eigenvalue weighted by atomic mass is 10.1. The van der Waals surface area contributed by atoms with Crippen molar-refractivity contribution in [2.45, 2.75) is 19.5 Å². The summed E-state index contributed by atoms with van der Waals surface area (Å²) >= 11 is 1.36. The Morgan fingerprint density at radius 1 is 1.26 bits per heavy atom. The number of hydrogen-bond acceptors (Lipinski definition) is 6. The molecule has 1 atom stereocenters. The van der Waals surface area contributed by atoms with Gasteiger partial charge in [-0.05, 0) is 37.2 Å². The molecule has 0 aliphatic rings. The Balaban J connectivity index is 1.60. The molecule has 4 aromatic rings. The summed E-state index contributed by atoms with van der Waals surface area (Å²) < 4.78 is 13.2. The van der Waals surface area contributed by atoms with Crippen molar-refractivity contribution in [1.82, 2.24) is 14.9 Å². The number of nitro benzene ring substituents is 1. The van der Waals surface area contributed by atoms with Crippen LogP contribution in [0.15, 0.2) is 58.7 Å². The van der Waals surface area contributed by atoms with Gasteiger partial charge in [0, 0.05) is 29.1 Å². The molecule has 7 nitrogen and oxygen atoms in total. The van der Waals surface area contributed by atoms with Crippen LogP contribution in [-0.4, -0.2) is 26.8 Å². The average Bonchev–Trinajstić information content (AvgIpc) is 3.18. The lowest BCUT2D eigenvalue weighted by Crippen LogP contribution is -2.25. The molecule has 0 radical (unpaired) electrons. The molecule has 158 valence electrons. The van der Waals surface area contributed by atoms with Gasteiger partial charge >= 0.3 is 0 Å². The van der Waals surface area contributed by atoms with Crippen molar-refractivity contribution in [1.29, 1.82) is 0 Å². The predicted octanol–water partition coefficient (Wildman–Crippen LogP) is 4.89. The lowest BCUT2D eigenvalue weighted by molar-refractivity contribution is -0.384. The first-order valence-electron chi connectivity index (χ1n) is 9.54. The smallest absolute Gasteiger partial charge is 0.269 e. The predicted molar refractivity (Wildman–Crippen MR) is 119 cm³/mol. The Hall–Kier alpha value is -3.43. The van der Waals surface area contributed by atoms with Crippen molar-refractivity contribution in [2.24, 2.45) is 0 Å². The van der Waals surface area contributed by atoms with Gasteiger partial charge in [0.1, 0.15) is 16.5 Å². The number of hydrogen-bond donors (Lipinski definition) is 1. The number of nitro groups is 1. The fourth-order valence-electron chi connectivity index (χ4n) is 3.44. The van der Waals surface area contributed by atoms with Gasteiger partial charge in [-0.25, -0.2) is 9.37 Å². The minimum absolute atomic E-state index is 0.0395. The monoisotopic (exact) mass is 438 g/mol. The molecule has 0 amide bonds. The van der Waals surface area contributed by atoms with Crippen molar-refractivity contribution >= 4 is 27.2 Å². The Morgan fingerprint density at radius 2 is 2.00 bits per heavy atom. The van der Waals surface area contributed by atoms with E-state index in [-0.39, 0.29) is 23.1 Å². The maximum Gasteiger partial charge on any atom is 0.269 e. The number of aromatic nitrogens is 2. The van der Waals surface area contributed by atoms with Crippen LogP contribution >= 0.6 is 11.3 Å². The van der Waals surface area contributed by atoms with Crippen molar-refractivity contribution in [3.8, 4) is 11.1 Å². The van der Waals surface area contributed by atoms with Gasteiger partial charge < -0.3 is 4.98 Å². The second kappa shape index (κ2) is 8.37. The number of non-ortho nitro benzene ring substituents is 1. The second-order valence-electron chi connectivity index (χ2n) is 7.29. The minimum Gasteiger partial charge on any atom is -0.309 e. The maximum absolute atomic E-state index is 13.2. The molecule has 0 saturated carbocycles. The number of benzene rings is 2. The number of aromatic amines is 1. The highest BCUT2D eigenvalue weighted by molar-refractivity contribution is 7.17. The fourth-order valence-corrected chi connectivity index (χ4v) is 4.40. The highest BCUT2D eigenvalue weighted by Gasteiger charge is 2.18. The molecule has 0 unspecified atom stereocenters. The van der Waals surface area contributed by atoms with E-state index in [9.17, 15) is 19.3 Å². The van der Waals surface area contributed by atoms with E-state index in [4.69, 9.17) is 0 Å². The molecule has 1 N–H and O–H groups in total. The van der Waals surface area contributed by atoms with Gasteiger partial charge in [0.15, 0.2) is 0 Å². The summed E-state index contributed by atoms with van der Waals surface area (Å²) in [6.07, 6.45) is 0. The number of nitrogens with zero attached hydrogens (tertiary/aromatic N) is 3. The molecule has 2 aromatic heterocycles. The van der Waals surface area contributed by atoms with Crippen LogP contribution in [0.25, 0.3) is 21.3 Å². The van der Waals surface area contributed by atoms with Gasteiger partial charge in [-0.3, -0.25) is 19.8 Å². The van der Waals surface area contributed by atoms with Gasteiger partial charge in [-0.1, -0.05) is 24.3 Å². The Kier molecular flexibility index (Phi) is 5.62. The average molecular weight is 438 g/mol. The number of fused-ring (bicyclic) bond motifs is 1. The Bertz CT molecular complexity index is 1320. The van der Waals surface area contributed by atoms with E-state index in [0.717, 1.165) is 16.7 Å². The minimum atomic E-state index is -0.418. The van der Waals surface area contributed by atoms with Crippen LogP contribution in [0.2, 0.25) is 0 Å². The zero-order valence-electron chi connectivity index (χ0n) is 16.8. The van der Waals surface area contributed by atoms with Gasteiger partial charge in [-0.2, -0.15) is 0 Å². The molecule has 0 aliphatic heterocycles. The largest absolute Gasteiger partial charge is 0.309 e. The summed E-state index contributed by atoms with van der Waals surface area (Å²) in [5.41, 5.74) is 2.06. The first-order chi connectivity index (χ1) is 14.8. The maximum atomic E-state index is 13.2. The van der Waals surface area contributed by atoms with E-state index in [1.807, 2.05) is 30.3 Å². The van der Waals surface area contributed by atoms with Crippen LogP contribution in [0.3, 0.4) is 0 Å². The molecular weight excluding hydrogens is 419 g/mol. The molecule has 4 rings (SSSR count). The van der Waals surface area contributed by atoms with E-state index >= 15 is 0 Å². The summed E-state index contributed by atoms with van der Waals surface area (Å²) in [5.74, 6) is 0.170. The summed E-state index contributed by atoms with van der Waals surface area (Å²) in [4.78, 5) is 33.4. The van der Waals surface area contributed by atoms with E-state index in [0.29, 0.717) is 22.6 Å². The highest BCUT2D eigenvalue weighted by Crippen LogP contribution is 2.31. The van der Waals surface area contributed by atoms with E-state index in [1.54, 1.807) is 24.3 Å². The number of rotatable bonds is 6. The van der Waals surface area contributed by atoms with Crippen LogP contribution in [-0.2, 0) is 6.54 Å². The van der Waals surface area contributed by atoms with Crippen molar-refractivity contribution in [3.05, 3.63) is 91.6 Å². The second-order valence-corrected chi connectivity index (χ2v) is 8.15. The van der Waals surface area contributed by atoms with E-state index in [2.05, 4.69) is 9.97 Å². The third-order valence-electron chi connectivity index (χ3n) is 5.27. The molecular formula is C22H19FN4O3S. The summed E-state index contributed by atoms with van der Waals surface area (Å²) in [5, 5.41) is 13.4. The first-order valence-corrected chi connectivity index (χ1v) is 10.4. The zero-order chi connectivity index (χ0) is 22.1. The number of thiophene rings is 1. The van der Waals surface area contributed by atoms with Crippen LogP contribution in [0, 0.1) is 15.9 Å². The zero-order valence-corrected chi connectivity index (χ0v) is 17.6. The SMILES string of the molecule is C[C@H](c1cccc([N+](=O)[O-])c1)N(C)Cc1nc2scc(-c3ccc(F)cc3)c2c(=O)[nH]1. The van der Waals surface area contributed by atoms with Crippen LogP contribution in [0.4, 0.5) is 10.1 Å². The number of nitrogens with one attached hydrogen (secondary N) is 1. The van der Waals surface area contributed by atoms with Gasteiger partial charge in [0.2, 0.25) is 0 Å². The molecule has 0 spiro atoms. The summed E-state index contributed by atoms with van der Waals surface area (Å²) in [7, 11) is 1.87. The summed E-state index contributed by atoms with van der Waals surface area (Å²) in [6, 6.07) is 12.4. The Morgan fingerprint density at radius 3 is 2.71 bits per heavy atom. The third-order valence-corrected chi connectivity index (χ3v) is 6.14. The highest BCUT2D eigenvalue weighted by atomic mass is 32.1. The molecule has 31 heavy (non-hydrogen) atoms. The van der Waals surface area contributed by atoms with E-state index < -0.39 is 4.92 Å². The normalized spacial score (nSPS) is 12.4. The molecule has 0 bridgehead atoms. The molecule has 2 aromatic carbocycles. The van der Waals surface area contributed by atoms with Gasteiger partial charge in [-0.15, -0.1) is 11.3 Å². The molecule has 0 fully saturated rings. The lowest BCUT2D eigenvalue weighted by Gasteiger charge is -2.24. The van der Waals surface area contributed by atoms with Crippen LogP contribution in [0.5, 0.6) is 0 Å². The van der Waals surface area contributed by atoms with E-state index in [1.165, 1.54) is 29.5 Å². The molecule has 0 aliphatic carbocycles. The van der Waals surface area contributed by atoms with Crippen LogP contribution < -0.4 is 5.56 Å².